The van der Waals surface area contributed by atoms with Crippen LogP contribution >= 0.6 is 0 Å². The molecule has 4 rings (SSSR count). The molecule has 0 aliphatic carbocycles. The Balaban J connectivity index is 1.66. The van der Waals surface area contributed by atoms with Crippen LogP contribution in [0.1, 0.15) is 32.8 Å². The van der Waals surface area contributed by atoms with Gasteiger partial charge in [-0.05, 0) is 44.0 Å². The monoisotopic (exact) mass is 389 g/mol. The maximum absolute atomic E-state index is 12.8. The van der Waals surface area contributed by atoms with E-state index in [4.69, 9.17) is 13.7 Å². The number of rotatable bonds is 4. The third kappa shape index (κ3) is 3.57. The van der Waals surface area contributed by atoms with E-state index in [9.17, 15) is 9.59 Å². The Kier molecular flexibility index (Phi) is 4.76. The molecule has 0 fully saturated rings. The molecule has 0 atom stereocenters. The standard InChI is InChI=1S/C23H19NO5/c1-13-9-18-17(11-20(25)28-19(18)10-14(13)2)12-27-23(26)21-15(3)29-24-22(21)16-7-5-4-6-8-16/h4-11H,12H2,1-3H3. The van der Waals surface area contributed by atoms with Crippen molar-refractivity contribution in [3.63, 3.8) is 0 Å². The number of ether oxygens (including phenoxy) is 1. The highest BCUT2D eigenvalue weighted by Crippen LogP contribution is 2.27. The smallest absolute Gasteiger partial charge is 0.344 e. The number of aryl methyl sites for hydroxylation is 3. The second kappa shape index (κ2) is 7.39. The van der Waals surface area contributed by atoms with Gasteiger partial charge in [0.2, 0.25) is 0 Å². The molecule has 2 aromatic carbocycles. The normalized spacial score (nSPS) is 11.0. The number of fused-ring (bicyclic) bond motifs is 1. The first-order chi connectivity index (χ1) is 13.9. The van der Waals surface area contributed by atoms with Gasteiger partial charge in [-0.15, -0.1) is 0 Å². The third-order valence-electron chi connectivity index (χ3n) is 4.92. The van der Waals surface area contributed by atoms with E-state index in [0.717, 1.165) is 22.1 Å². The second-order valence-electron chi connectivity index (χ2n) is 6.93. The number of hydrogen-bond donors (Lipinski definition) is 0. The highest BCUT2D eigenvalue weighted by atomic mass is 16.5. The molecule has 0 saturated carbocycles. The van der Waals surface area contributed by atoms with E-state index >= 15 is 0 Å². The molecule has 6 nitrogen and oxygen atoms in total. The minimum Gasteiger partial charge on any atom is -0.457 e. The molecule has 0 amide bonds. The molecule has 146 valence electrons. The summed E-state index contributed by atoms with van der Waals surface area (Å²) in [7, 11) is 0. The molecule has 0 aliphatic rings. The number of hydrogen-bond acceptors (Lipinski definition) is 6. The van der Waals surface area contributed by atoms with Gasteiger partial charge in [-0.25, -0.2) is 9.59 Å². The molecule has 0 unspecified atom stereocenters. The van der Waals surface area contributed by atoms with Crippen LogP contribution in [0.3, 0.4) is 0 Å². The average Bonchev–Trinajstić information content (AvgIpc) is 3.09. The topological polar surface area (TPSA) is 82.5 Å². The number of carbonyl (C=O) groups is 1. The van der Waals surface area contributed by atoms with Gasteiger partial charge in [-0.2, -0.15) is 0 Å². The summed E-state index contributed by atoms with van der Waals surface area (Å²) in [5.74, 6) is -0.189. The Hall–Kier alpha value is -3.67. The average molecular weight is 389 g/mol. The molecule has 0 aliphatic heterocycles. The predicted molar refractivity (Wildman–Crippen MR) is 108 cm³/mol. The minimum absolute atomic E-state index is 0.0672. The van der Waals surface area contributed by atoms with E-state index in [2.05, 4.69) is 5.16 Å². The minimum atomic E-state index is -0.562. The Morgan fingerprint density at radius 2 is 1.76 bits per heavy atom. The van der Waals surface area contributed by atoms with Crippen LogP contribution in [0.25, 0.3) is 22.2 Å². The second-order valence-corrected chi connectivity index (χ2v) is 6.93. The number of benzene rings is 2. The van der Waals surface area contributed by atoms with E-state index < -0.39 is 11.6 Å². The Bertz CT molecular complexity index is 1270. The summed E-state index contributed by atoms with van der Waals surface area (Å²) in [6.07, 6.45) is 0. The van der Waals surface area contributed by atoms with Crippen LogP contribution in [0.4, 0.5) is 0 Å². The van der Waals surface area contributed by atoms with Crippen LogP contribution in [0.2, 0.25) is 0 Å². The van der Waals surface area contributed by atoms with Crippen LogP contribution in [-0.4, -0.2) is 11.1 Å². The van der Waals surface area contributed by atoms with E-state index in [1.807, 2.05) is 56.3 Å². The summed E-state index contributed by atoms with van der Waals surface area (Å²) < 4.78 is 16.0. The maximum Gasteiger partial charge on any atom is 0.344 e. The molecule has 0 radical (unpaired) electrons. The molecular formula is C23H19NO5. The Morgan fingerprint density at radius 1 is 1.03 bits per heavy atom. The maximum atomic E-state index is 12.8. The summed E-state index contributed by atoms with van der Waals surface area (Å²) in [6, 6.07) is 14.4. The Labute approximate surface area is 166 Å². The fourth-order valence-corrected chi connectivity index (χ4v) is 3.22. The van der Waals surface area contributed by atoms with Crippen LogP contribution in [0, 0.1) is 20.8 Å². The highest BCUT2D eigenvalue weighted by Gasteiger charge is 2.23. The molecular weight excluding hydrogens is 370 g/mol. The van der Waals surface area contributed by atoms with Gasteiger partial charge in [-0.3, -0.25) is 0 Å². The molecule has 29 heavy (non-hydrogen) atoms. The zero-order chi connectivity index (χ0) is 20.5. The lowest BCUT2D eigenvalue weighted by Crippen LogP contribution is -2.09. The van der Waals surface area contributed by atoms with Gasteiger partial charge >= 0.3 is 11.6 Å². The molecule has 0 N–H and O–H groups in total. The van der Waals surface area contributed by atoms with Crippen molar-refractivity contribution in [1.29, 1.82) is 0 Å². The van der Waals surface area contributed by atoms with Crippen molar-refractivity contribution in [2.24, 2.45) is 0 Å². The van der Waals surface area contributed by atoms with Gasteiger partial charge in [-0.1, -0.05) is 35.5 Å². The van der Waals surface area contributed by atoms with Crippen LogP contribution < -0.4 is 5.63 Å². The fraction of sp³-hybridized carbons (Fsp3) is 0.174. The number of aromatic nitrogens is 1. The van der Waals surface area contributed by atoms with Gasteiger partial charge < -0.3 is 13.7 Å². The number of esters is 1. The van der Waals surface area contributed by atoms with Crippen molar-refractivity contribution in [3.05, 3.63) is 87.0 Å². The molecule has 6 heteroatoms. The zero-order valence-electron chi connectivity index (χ0n) is 16.3. The van der Waals surface area contributed by atoms with Gasteiger partial charge in [0, 0.05) is 22.6 Å². The summed E-state index contributed by atoms with van der Waals surface area (Å²) >= 11 is 0. The van der Waals surface area contributed by atoms with E-state index in [0.29, 0.717) is 22.6 Å². The van der Waals surface area contributed by atoms with Crippen molar-refractivity contribution in [1.82, 2.24) is 5.16 Å². The molecule has 2 aromatic heterocycles. The number of carbonyl (C=O) groups excluding carboxylic acids is 1. The largest absolute Gasteiger partial charge is 0.457 e. The van der Waals surface area contributed by atoms with E-state index in [1.54, 1.807) is 6.92 Å². The highest BCUT2D eigenvalue weighted by molar-refractivity contribution is 5.97. The van der Waals surface area contributed by atoms with Crippen molar-refractivity contribution in [2.45, 2.75) is 27.4 Å². The number of nitrogens with zero attached hydrogens (tertiary/aromatic N) is 1. The van der Waals surface area contributed by atoms with Crippen molar-refractivity contribution >= 4 is 16.9 Å². The first-order valence-electron chi connectivity index (χ1n) is 9.17. The van der Waals surface area contributed by atoms with Crippen molar-refractivity contribution in [3.8, 4) is 11.3 Å². The van der Waals surface area contributed by atoms with E-state index in [1.165, 1.54) is 6.07 Å². The summed E-state index contributed by atoms with van der Waals surface area (Å²) in [6.45, 7) is 5.51. The van der Waals surface area contributed by atoms with Crippen LogP contribution in [-0.2, 0) is 11.3 Å². The molecule has 4 aromatic rings. The zero-order valence-corrected chi connectivity index (χ0v) is 16.3. The van der Waals surface area contributed by atoms with Crippen molar-refractivity contribution < 1.29 is 18.5 Å². The Morgan fingerprint density at radius 3 is 2.52 bits per heavy atom. The van der Waals surface area contributed by atoms with E-state index in [-0.39, 0.29) is 12.2 Å². The first-order valence-corrected chi connectivity index (χ1v) is 9.17. The van der Waals surface area contributed by atoms with Gasteiger partial charge in [0.1, 0.15) is 29.2 Å². The molecule has 2 heterocycles. The fourth-order valence-electron chi connectivity index (χ4n) is 3.22. The lowest BCUT2D eigenvalue weighted by molar-refractivity contribution is 0.0472. The molecule has 0 bridgehead atoms. The third-order valence-corrected chi connectivity index (χ3v) is 4.92. The quantitative estimate of drug-likeness (QED) is 0.371. The summed E-state index contributed by atoms with van der Waals surface area (Å²) in [5, 5.41) is 4.75. The predicted octanol–water partition coefficient (Wildman–Crippen LogP) is 4.73. The van der Waals surface area contributed by atoms with Crippen molar-refractivity contribution in [2.75, 3.05) is 0 Å². The lowest BCUT2D eigenvalue weighted by Gasteiger charge is -2.09. The molecule has 0 spiro atoms. The summed E-state index contributed by atoms with van der Waals surface area (Å²) in [5.41, 5.74) is 4.10. The first kappa shape index (κ1) is 18.7. The van der Waals surface area contributed by atoms with Gasteiger partial charge in [0.25, 0.3) is 0 Å². The van der Waals surface area contributed by atoms with Gasteiger partial charge in [0.15, 0.2) is 0 Å². The SMILES string of the molecule is Cc1cc2oc(=O)cc(COC(=O)c3c(-c4ccccc4)noc3C)c2cc1C. The van der Waals surface area contributed by atoms with Gasteiger partial charge in [0.05, 0.1) is 0 Å². The molecule has 0 saturated heterocycles. The van der Waals surface area contributed by atoms with Crippen LogP contribution in [0.15, 0.2) is 62.3 Å². The lowest BCUT2D eigenvalue weighted by atomic mass is 10.0. The van der Waals surface area contributed by atoms with Crippen LogP contribution in [0.5, 0.6) is 0 Å². The summed E-state index contributed by atoms with van der Waals surface area (Å²) in [4.78, 5) is 24.7.